The van der Waals surface area contributed by atoms with Gasteiger partial charge in [0.15, 0.2) is 0 Å². The van der Waals surface area contributed by atoms with Crippen molar-refractivity contribution in [3.05, 3.63) is 277 Å². The molecule has 69 heavy (non-hydrogen) atoms. The van der Waals surface area contributed by atoms with E-state index in [9.17, 15) is 0 Å². The van der Waals surface area contributed by atoms with E-state index in [0.29, 0.717) is 0 Å². The predicted octanol–water partition coefficient (Wildman–Crippen LogP) is 17.7. The summed E-state index contributed by atoms with van der Waals surface area (Å²) in [6.45, 7) is 0. The molecule has 2 aliphatic rings. The molecule has 3 heteroatoms. The van der Waals surface area contributed by atoms with E-state index < -0.39 is 0 Å². The van der Waals surface area contributed by atoms with Crippen LogP contribution in [0.2, 0.25) is 0 Å². The van der Waals surface area contributed by atoms with Crippen molar-refractivity contribution >= 4 is 49.7 Å². The molecule has 2 aromatic heterocycles. The summed E-state index contributed by atoms with van der Waals surface area (Å²) in [6.07, 6.45) is 12.4. The van der Waals surface area contributed by atoms with E-state index in [4.69, 9.17) is 4.42 Å². The summed E-state index contributed by atoms with van der Waals surface area (Å²) in [5, 5.41) is 3.73. The van der Waals surface area contributed by atoms with E-state index in [1.54, 1.807) is 0 Å². The van der Waals surface area contributed by atoms with Crippen LogP contribution in [0.4, 0.5) is 11.4 Å². The van der Waals surface area contributed by atoms with Gasteiger partial charge in [-0.1, -0.05) is 176 Å². The van der Waals surface area contributed by atoms with Gasteiger partial charge in [0.25, 0.3) is 0 Å². The Morgan fingerprint density at radius 3 is 1.77 bits per heavy atom. The fourth-order valence-electron chi connectivity index (χ4n) is 10.8. The summed E-state index contributed by atoms with van der Waals surface area (Å²) in [4.78, 5) is 2.40. The number of nitrogens with zero attached hydrogens (tertiary/aromatic N) is 2. The first kappa shape index (κ1) is 40.6. The highest BCUT2D eigenvalue weighted by Gasteiger charge is 2.25. The van der Waals surface area contributed by atoms with Crippen LogP contribution in [0.5, 0.6) is 0 Å². The quantitative estimate of drug-likeness (QED) is 0.144. The summed E-state index contributed by atoms with van der Waals surface area (Å²) in [6, 6.07) is 81.5. The average Bonchev–Trinajstić information content (AvgIpc) is 3.98. The lowest BCUT2D eigenvalue weighted by Crippen LogP contribution is -2.17. The van der Waals surface area contributed by atoms with Gasteiger partial charge < -0.3 is 13.9 Å². The molecule has 0 aliphatic heterocycles. The molecule has 9 aromatic carbocycles. The summed E-state index contributed by atoms with van der Waals surface area (Å²) < 4.78 is 8.97. The zero-order valence-electron chi connectivity index (χ0n) is 38.2. The maximum absolute atomic E-state index is 6.51. The third kappa shape index (κ3) is 7.31. The maximum Gasteiger partial charge on any atom is 0.138 e. The summed E-state index contributed by atoms with van der Waals surface area (Å²) in [5.74, 6) is 1.21. The van der Waals surface area contributed by atoms with E-state index in [1.165, 1.54) is 82.8 Å². The number of benzene rings is 9. The van der Waals surface area contributed by atoms with E-state index in [-0.39, 0.29) is 5.92 Å². The van der Waals surface area contributed by atoms with Crippen molar-refractivity contribution in [1.29, 1.82) is 0 Å². The van der Waals surface area contributed by atoms with Crippen molar-refractivity contribution < 1.29 is 4.42 Å². The molecule has 0 bridgehead atoms. The van der Waals surface area contributed by atoms with Crippen LogP contribution < -0.4 is 4.90 Å². The number of aromatic nitrogens is 1. The van der Waals surface area contributed by atoms with Crippen molar-refractivity contribution in [2.45, 2.75) is 25.2 Å². The summed E-state index contributed by atoms with van der Waals surface area (Å²) in [5.41, 5.74) is 20.1. The predicted molar refractivity (Wildman–Crippen MR) is 288 cm³/mol. The molecule has 2 aliphatic carbocycles. The SMILES string of the molecule is C1=CC(c2ccc3c(c2)c2cc(-c4ccccc4)cc(-c4ccccc4)c2n3-c2ccccc2)CC=C1N(c1ccc(C2=CCCc3c2oc2ccccc32)cc1)c1ccc(-c2ccccc2)cc1. The number of rotatable bonds is 9. The molecule has 0 radical (unpaired) electrons. The molecule has 328 valence electrons. The zero-order valence-corrected chi connectivity index (χ0v) is 38.2. The van der Waals surface area contributed by atoms with Crippen LogP contribution in [0, 0.1) is 0 Å². The third-order valence-electron chi connectivity index (χ3n) is 14.2. The lowest BCUT2D eigenvalue weighted by atomic mass is 9.89. The van der Waals surface area contributed by atoms with Crippen molar-refractivity contribution in [1.82, 2.24) is 4.57 Å². The highest BCUT2D eigenvalue weighted by atomic mass is 16.3. The minimum Gasteiger partial charge on any atom is -0.456 e. The van der Waals surface area contributed by atoms with Crippen LogP contribution in [0.3, 0.4) is 0 Å². The maximum atomic E-state index is 6.51. The van der Waals surface area contributed by atoms with Crippen molar-refractivity contribution in [2.24, 2.45) is 0 Å². The Morgan fingerprint density at radius 1 is 0.478 bits per heavy atom. The van der Waals surface area contributed by atoms with Crippen LogP contribution in [-0.2, 0) is 6.42 Å². The first-order valence-corrected chi connectivity index (χ1v) is 24.2. The standard InChI is InChI=1S/C66H48N2O/c1-5-16-45(17-6-1)47-28-35-54(36-29-47)67(56-39-32-50(33-40-56)57-25-15-26-59-58-24-13-14-27-64(58)69-66(57)59)55-37-30-48(31-38-55)51-34-41-63-61(42-51)62-44-52(46-18-7-2-8-19-46)43-60(49-20-9-3-10-21-49)65(62)68(63)53-22-11-4-12-23-53/h1-14,16-25,27-30,32-44,48H,15,26,31H2. The number of para-hydroxylation sites is 2. The molecule has 0 N–H and O–H groups in total. The molecule has 0 spiro atoms. The van der Waals surface area contributed by atoms with Gasteiger partial charge in [-0.25, -0.2) is 0 Å². The van der Waals surface area contributed by atoms with Gasteiger partial charge in [0.2, 0.25) is 0 Å². The number of furan rings is 1. The first-order chi connectivity index (χ1) is 34.2. The molecular weight excluding hydrogens is 837 g/mol. The molecule has 1 atom stereocenters. The molecule has 0 saturated carbocycles. The summed E-state index contributed by atoms with van der Waals surface area (Å²) in [7, 11) is 0. The second-order valence-corrected chi connectivity index (χ2v) is 18.3. The second-order valence-electron chi connectivity index (χ2n) is 18.3. The molecule has 0 saturated heterocycles. The number of hydrogen-bond donors (Lipinski definition) is 0. The average molecular weight is 885 g/mol. The van der Waals surface area contributed by atoms with Gasteiger partial charge >= 0.3 is 0 Å². The van der Waals surface area contributed by atoms with Gasteiger partial charge in [0.05, 0.1) is 11.0 Å². The summed E-state index contributed by atoms with van der Waals surface area (Å²) >= 11 is 0. The third-order valence-corrected chi connectivity index (χ3v) is 14.2. The lowest BCUT2D eigenvalue weighted by Gasteiger charge is -2.29. The number of fused-ring (bicyclic) bond motifs is 6. The van der Waals surface area contributed by atoms with E-state index >= 15 is 0 Å². The smallest absolute Gasteiger partial charge is 0.138 e. The van der Waals surface area contributed by atoms with Crippen molar-refractivity contribution in [3.63, 3.8) is 0 Å². The molecular formula is C66H48N2O. The van der Waals surface area contributed by atoms with Crippen molar-refractivity contribution in [3.8, 4) is 39.1 Å². The van der Waals surface area contributed by atoms with Crippen LogP contribution in [0.1, 0.15) is 41.2 Å². The molecule has 11 aromatic rings. The number of allylic oxidation sites excluding steroid dienone is 4. The zero-order chi connectivity index (χ0) is 45.7. The molecule has 2 heterocycles. The van der Waals surface area contributed by atoms with E-state index in [0.717, 1.165) is 53.4 Å². The Labute approximate surface area is 402 Å². The number of aryl methyl sites for hydroxylation is 1. The van der Waals surface area contributed by atoms with Crippen LogP contribution >= 0.6 is 0 Å². The minimum atomic E-state index is 0.208. The van der Waals surface area contributed by atoms with Gasteiger partial charge in [-0.05, 0) is 131 Å². The first-order valence-electron chi connectivity index (χ1n) is 24.2. The van der Waals surface area contributed by atoms with Gasteiger partial charge in [-0.3, -0.25) is 0 Å². The minimum absolute atomic E-state index is 0.208. The monoisotopic (exact) mass is 884 g/mol. The number of hydrogen-bond acceptors (Lipinski definition) is 2. The van der Waals surface area contributed by atoms with Crippen LogP contribution in [0.25, 0.3) is 77.4 Å². The molecule has 1 unspecified atom stereocenters. The lowest BCUT2D eigenvalue weighted by molar-refractivity contribution is 0.591. The Balaban J connectivity index is 0.886. The molecule has 0 fully saturated rings. The number of anilines is 2. The van der Waals surface area contributed by atoms with Gasteiger partial charge in [-0.2, -0.15) is 0 Å². The Kier molecular flexibility index (Phi) is 10.1. The highest BCUT2D eigenvalue weighted by Crippen LogP contribution is 2.44. The van der Waals surface area contributed by atoms with E-state index in [1.807, 2.05) is 0 Å². The van der Waals surface area contributed by atoms with E-state index in [2.05, 4.69) is 258 Å². The normalized spacial score (nSPS) is 14.5. The van der Waals surface area contributed by atoms with Crippen molar-refractivity contribution in [2.75, 3.05) is 4.90 Å². The van der Waals surface area contributed by atoms with Gasteiger partial charge in [0, 0.05) is 61.5 Å². The highest BCUT2D eigenvalue weighted by molar-refractivity contribution is 6.15. The molecule has 13 rings (SSSR count). The Bertz CT molecular complexity index is 3760. The van der Waals surface area contributed by atoms with Crippen LogP contribution in [0.15, 0.2) is 259 Å². The topological polar surface area (TPSA) is 21.3 Å². The fourth-order valence-corrected chi connectivity index (χ4v) is 10.8. The second kappa shape index (κ2) is 17.2. The van der Waals surface area contributed by atoms with Crippen LogP contribution in [-0.4, -0.2) is 4.57 Å². The fraction of sp³-hybridized carbons (Fsp3) is 0.0606. The Morgan fingerprint density at radius 2 is 1.09 bits per heavy atom. The Hall–Kier alpha value is -8.66. The van der Waals surface area contributed by atoms with Gasteiger partial charge in [-0.15, -0.1) is 0 Å². The molecule has 3 nitrogen and oxygen atoms in total. The largest absolute Gasteiger partial charge is 0.456 e. The molecule has 0 amide bonds. The van der Waals surface area contributed by atoms with Gasteiger partial charge in [0.1, 0.15) is 11.3 Å².